The predicted molar refractivity (Wildman–Crippen MR) is 117 cm³/mol. The topological polar surface area (TPSA) is 111 Å². The van der Waals surface area contributed by atoms with Crippen LogP contribution < -0.4 is 20.9 Å². The Bertz CT molecular complexity index is 1190. The van der Waals surface area contributed by atoms with Crippen molar-refractivity contribution in [3.63, 3.8) is 0 Å². The van der Waals surface area contributed by atoms with Gasteiger partial charge in [0.1, 0.15) is 23.0 Å². The molecule has 4 aromatic rings. The molecule has 0 fully saturated rings. The van der Waals surface area contributed by atoms with Gasteiger partial charge < -0.3 is 31.2 Å². The van der Waals surface area contributed by atoms with Crippen molar-refractivity contribution in [3.8, 4) is 45.6 Å². The summed E-state index contributed by atoms with van der Waals surface area (Å²) in [5.41, 5.74) is 13.8. The van der Waals surface area contributed by atoms with Crippen molar-refractivity contribution in [2.24, 2.45) is 0 Å². The zero-order chi connectivity index (χ0) is 21.1. The number of anilines is 2. The number of nitrogen functional groups attached to an aromatic ring is 2. The minimum Gasteiger partial charge on any atom is -0.506 e. The second kappa shape index (κ2) is 7.97. The number of para-hydroxylation sites is 1. The molecule has 0 radical (unpaired) electrons. The second-order valence-corrected chi connectivity index (χ2v) is 6.64. The minimum absolute atomic E-state index is 0.0172. The number of hydrogen-bond donors (Lipinski definition) is 4. The predicted octanol–water partition coefficient (Wildman–Crippen LogP) is 5.51. The fourth-order valence-corrected chi connectivity index (χ4v) is 2.98. The maximum atomic E-state index is 9.70. The van der Waals surface area contributed by atoms with Crippen LogP contribution in [0.4, 0.5) is 11.4 Å². The lowest BCUT2D eigenvalue weighted by atomic mass is 10.0. The number of hydrogen-bond acceptors (Lipinski definition) is 6. The van der Waals surface area contributed by atoms with Gasteiger partial charge in [-0.1, -0.05) is 42.5 Å². The molecule has 0 spiro atoms. The van der Waals surface area contributed by atoms with Gasteiger partial charge in [-0.05, 0) is 35.9 Å². The summed E-state index contributed by atoms with van der Waals surface area (Å²) in [4.78, 5) is 0. The Kier molecular flexibility index (Phi) is 5.05. The third-order valence-corrected chi connectivity index (χ3v) is 4.51. The third-order valence-electron chi connectivity index (χ3n) is 4.51. The van der Waals surface area contributed by atoms with E-state index in [2.05, 4.69) is 0 Å². The number of ether oxygens (including phenoxy) is 2. The Morgan fingerprint density at radius 1 is 0.600 bits per heavy atom. The van der Waals surface area contributed by atoms with E-state index in [9.17, 15) is 10.2 Å². The zero-order valence-electron chi connectivity index (χ0n) is 15.9. The van der Waals surface area contributed by atoms with Gasteiger partial charge in [0.15, 0.2) is 11.5 Å². The van der Waals surface area contributed by atoms with Crippen molar-refractivity contribution >= 4 is 11.4 Å². The number of nitrogens with two attached hydrogens (primary N) is 2. The summed E-state index contributed by atoms with van der Waals surface area (Å²) in [6.07, 6.45) is 0. The first-order valence-electron chi connectivity index (χ1n) is 9.22. The van der Waals surface area contributed by atoms with Gasteiger partial charge in [0, 0.05) is 17.7 Å². The Labute approximate surface area is 173 Å². The number of rotatable bonds is 5. The highest BCUT2D eigenvalue weighted by Gasteiger charge is 2.16. The van der Waals surface area contributed by atoms with Crippen molar-refractivity contribution in [3.05, 3.63) is 84.9 Å². The number of benzene rings is 4. The maximum Gasteiger partial charge on any atom is 0.177 e. The lowest BCUT2D eigenvalue weighted by molar-refractivity contribution is 0.418. The first kappa shape index (κ1) is 19.0. The first-order chi connectivity index (χ1) is 14.5. The molecule has 6 N–H and O–H groups in total. The Balaban J connectivity index is 1.80. The van der Waals surface area contributed by atoms with Crippen LogP contribution in [0.15, 0.2) is 84.9 Å². The van der Waals surface area contributed by atoms with Crippen LogP contribution in [-0.2, 0) is 0 Å². The van der Waals surface area contributed by atoms with E-state index < -0.39 is 0 Å². The van der Waals surface area contributed by atoms with Gasteiger partial charge in [-0.2, -0.15) is 0 Å². The highest BCUT2D eigenvalue weighted by molar-refractivity contribution is 5.75. The van der Waals surface area contributed by atoms with Crippen molar-refractivity contribution in [1.82, 2.24) is 0 Å². The van der Waals surface area contributed by atoms with Gasteiger partial charge in [0.2, 0.25) is 0 Å². The van der Waals surface area contributed by atoms with Crippen LogP contribution in [0.2, 0.25) is 0 Å². The van der Waals surface area contributed by atoms with E-state index in [0.717, 1.165) is 11.1 Å². The standard InChI is InChI=1S/C24H20N2O4/c25-19-13-16(9-11-21(19)27)29-23-8-4-7-18(15-5-2-1-3-6-15)24(23)30-17-10-12-22(28)20(26)14-17/h1-14,27-28H,25-26H2. The summed E-state index contributed by atoms with van der Waals surface area (Å²) in [7, 11) is 0. The molecule has 4 aromatic carbocycles. The third kappa shape index (κ3) is 3.93. The summed E-state index contributed by atoms with van der Waals surface area (Å²) >= 11 is 0. The summed E-state index contributed by atoms with van der Waals surface area (Å²) < 4.78 is 12.2. The van der Waals surface area contributed by atoms with Crippen molar-refractivity contribution in [1.29, 1.82) is 0 Å². The quantitative estimate of drug-likeness (QED) is 0.259. The molecule has 6 heteroatoms. The van der Waals surface area contributed by atoms with Crippen molar-refractivity contribution < 1.29 is 19.7 Å². The summed E-state index contributed by atoms with van der Waals surface area (Å²) in [5, 5.41) is 19.4. The molecule has 0 unspecified atom stereocenters. The highest BCUT2D eigenvalue weighted by Crippen LogP contribution is 2.43. The Morgan fingerprint density at radius 3 is 1.80 bits per heavy atom. The molecule has 0 amide bonds. The molecule has 0 saturated carbocycles. The molecule has 6 nitrogen and oxygen atoms in total. The number of phenols is 2. The van der Waals surface area contributed by atoms with Crippen molar-refractivity contribution in [2.75, 3.05) is 11.5 Å². The molecule has 0 aliphatic heterocycles. The minimum atomic E-state index is -0.0188. The van der Waals surface area contributed by atoms with Gasteiger partial charge in [-0.25, -0.2) is 0 Å². The lowest BCUT2D eigenvalue weighted by Crippen LogP contribution is -1.95. The van der Waals surface area contributed by atoms with Crippen LogP contribution in [0, 0.1) is 0 Å². The summed E-state index contributed by atoms with van der Waals surface area (Å²) in [6, 6.07) is 24.5. The molecule has 0 heterocycles. The van der Waals surface area contributed by atoms with Crippen LogP contribution in [0.3, 0.4) is 0 Å². The van der Waals surface area contributed by atoms with Crippen molar-refractivity contribution in [2.45, 2.75) is 0 Å². The van der Waals surface area contributed by atoms with Gasteiger partial charge in [0.25, 0.3) is 0 Å². The van der Waals surface area contributed by atoms with E-state index in [4.69, 9.17) is 20.9 Å². The maximum absolute atomic E-state index is 9.70. The average molecular weight is 400 g/mol. The van der Waals surface area contributed by atoms with Crippen LogP contribution in [-0.4, -0.2) is 10.2 Å². The number of phenolic OH excluding ortho intramolecular Hbond substituents is 2. The SMILES string of the molecule is Nc1cc(Oc2cccc(-c3ccccc3)c2Oc2ccc(O)c(N)c2)ccc1O. The molecule has 150 valence electrons. The zero-order valence-corrected chi connectivity index (χ0v) is 15.9. The van der Waals surface area contributed by atoms with Gasteiger partial charge >= 0.3 is 0 Å². The van der Waals surface area contributed by atoms with E-state index >= 15 is 0 Å². The molecule has 0 aliphatic rings. The van der Waals surface area contributed by atoms with E-state index in [1.165, 1.54) is 18.2 Å². The van der Waals surface area contributed by atoms with Crippen LogP contribution in [0.25, 0.3) is 11.1 Å². The largest absolute Gasteiger partial charge is 0.506 e. The number of aromatic hydroxyl groups is 2. The normalized spacial score (nSPS) is 10.5. The Morgan fingerprint density at radius 2 is 1.20 bits per heavy atom. The fourth-order valence-electron chi connectivity index (χ4n) is 2.98. The van der Waals surface area contributed by atoms with E-state index in [-0.39, 0.29) is 22.9 Å². The molecule has 0 aliphatic carbocycles. The first-order valence-corrected chi connectivity index (χ1v) is 9.22. The smallest absolute Gasteiger partial charge is 0.177 e. The van der Waals surface area contributed by atoms with E-state index in [0.29, 0.717) is 23.0 Å². The van der Waals surface area contributed by atoms with Gasteiger partial charge in [-0.3, -0.25) is 0 Å². The highest BCUT2D eigenvalue weighted by atomic mass is 16.5. The van der Waals surface area contributed by atoms with E-state index in [1.54, 1.807) is 24.3 Å². The fraction of sp³-hybridized carbons (Fsp3) is 0. The summed E-state index contributed by atoms with van der Waals surface area (Å²) in [6.45, 7) is 0. The molecular weight excluding hydrogens is 380 g/mol. The lowest BCUT2D eigenvalue weighted by Gasteiger charge is -2.17. The second-order valence-electron chi connectivity index (χ2n) is 6.64. The molecule has 4 rings (SSSR count). The molecule has 0 saturated heterocycles. The van der Waals surface area contributed by atoms with E-state index in [1.807, 2.05) is 42.5 Å². The average Bonchev–Trinajstić information content (AvgIpc) is 2.75. The molecule has 0 atom stereocenters. The molecule has 0 aromatic heterocycles. The van der Waals surface area contributed by atoms with Crippen LogP contribution in [0.1, 0.15) is 0 Å². The Hall–Kier alpha value is -4.32. The summed E-state index contributed by atoms with van der Waals surface area (Å²) in [5.74, 6) is 1.79. The molecule has 0 bridgehead atoms. The van der Waals surface area contributed by atoms with Crippen LogP contribution in [0.5, 0.6) is 34.5 Å². The van der Waals surface area contributed by atoms with Gasteiger partial charge in [-0.15, -0.1) is 0 Å². The molecular formula is C24H20N2O4. The van der Waals surface area contributed by atoms with Crippen LogP contribution >= 0.6 is 0 Å². The molecule has 30 heavy (non-hydrogen) atoms. The van der Waals surface area contributed by atoms with Gasteiger partial charge in [0.05, 0.1) is 11.4 Å². The monoisotopic (exact) mass is 400 g/mol.